The van der Waals surface area contributed by atoms with Crippen molar-refractivity contribution >= 4 is 46.7 Å². The minimum atomic E-state index is -1.01. The van der Waals surface area contributed by atoms with Gasteiger partial charge in [-0.2, -0.15) is 0 Å². The summed E-state index contributed by atoms with van der Waals surface area (Å²) in [5, 5.41) is 3.10. The molecule has 3 aromatic carbocycles. The van der Waals surface area contributed by atoms with Gasteiger partial charge in [-0.3, -0.25) is 19.2 Å². The van der Waals surface area contributed by atoms with E-state index < -0.39 is 23.9 Å². The Hall–Kier alpha value is -4.30. The normalized spacial score (nSPS) is 11.2. The van der Waals surface area contributed by atoms with Gasteiger partial charge in [-0.05, 0) is 62.4 Å². The van der Waals surface area contributed by atoms with Gasteiger partial charge in [0.05, 0.1) is 12.0 Å². The van der Waals surface area contributed by atoms with E-state index >= 15 is 0 Å². The average Bonchev–Trinajstić information content (AvgIpc) is 2.91. The molecule has 1 amide bonds. The highest BCUT2D eigenvalue weighted by Gasteiger charge is 2.20. The highest BCUT2D eigenvalue weighted by molar-refractivity contribution is 6.30. The van der Waals surface area contributed by atoms with Gasteiger partial charge in [0.1, 0.15) is 0 Å². The Kier molecular flexibility index (Phi) is 9.90. The van der Waals surface area contributed by atoms with Crippen LogP contribution >= 0.6 is 11.6 Å². The molecule has 0 spiro atoms. The van der Waals surface area contributed by atoms with Crippen molar-refractivity contribution in [3.63, 3.8) is 0 Å². The summed E-state index contributed by atoms with van der Waals surface area (Å²) >= 11 is 5.81. The molecule has 8 nitrogen and oxygen atoms in total. The Bertz CT molecular complexity index is 1320. The first kappa shape index (κ1) is 28.3. The molecule has 1 unspecified atom stereocenters. The molecule has 38 heavy (non-hydrogen) atoms. The maximum atomic E-state index is 12.3. The summed E-state index contributed by atoms with van der Waals surface area (Å²) in [6, 6.07) is 19.1. The van der Waals surface area contributed by atoms with Crippen molar-refractivity contribution in [2.75, 3.05) is 11.9 Å². The number of nitrogens with one attached hydrogen (secondary N) is 1. The number of esters is 2. The Morgan fingerprint density at radius 2 is 1.37 bits per heavy atom. The molecule has 0 aliphatic rings. The van der Waals surface area contributed by atoms with Crippen LogP contribution in [0.2, 0.25) is 5.02 Å². The second-order valence-electron chi connectivity index (χ2n) is 8.49. The molecule has 1 N–H and O–H groups in total. The van der Waals surface area contributed by atoms with Crippen molar-refractivity contribution in [1.29, 1.82) is 0 Å². The molecule has 0 saturated heterocycles. The van der Waals surface area contributed by atoms with E-state index in [1.54, 1.807) is 48.5 Å². The predicted octanol–water partition coefficient (Wildman–Crippen LogP) is 5.22. The number of Topliss-reactive ketones (excluding diaryl/α,β-unsaturated/α-hetero) is 2. The Morgan fingerprint density at radius 3 is 2.00 bits per heavy atom. The number of anilines is 1. The summed E-state index contributed by atoms with van der Waals surface area (Å²) in [5.74, 6) is -2.50. The number of hydrogen-bond donors (Lipinski definition) is 1. The zero-order valence-corrected chi connectivity index (χ0v) is 21.6. The third kappa shape index (κ3) is 8.38. The summed E-state index contributed by atoms with van der Waals surface area (Å²) in [5.41, 5.74) is 2.44. The number of hydrogen-bond acceptors (Lipinski definition) is 7. The first-order valence-electron chi connectivity index (χ1n) is 11.8. The molecule has 1 atom stereocenters. The average molecular weight is 536 g/mol. The van der Waals surface area contributed by atoms with Crippen LogP contribution in [0.15, 0.2) is 72.8 Å². The smallest absolute Gasteiger partial charge is 0.338 e. The van der Waals surface area contributed by atoms with Crippen molar-refractivity contribution in [2.24, 2.45) is 0 Å². The molecule has 0 radical (unpaired) electrons. The maximum absolute atomic E-state index is 12.3. The third-order valence-corrected chi connectivity index (χ3v) is 5.73. The molecule has 0 aliphatic carbocycles. The molecule has 0 fully saturated rings. The van der Waals surface area contributed by atoms with Crippen molar-refractivity contribution in [3.8, 4) is 0 Å². The van der Waals surface area contributed by atoms with E-state index in [0.717, 1.165) is 5.56 Å². The lowest BCUT2D eigenvalue weighted by Gasteiger charge is -2.12. The molecule has 3 rings (SSSR count). The van der Waals surface area contributed by atoms with E-state index in [4.69, 9.17) is 21.1 Å². The summed E-state index contributed by atoms with van der Waals surface area (Å²) in [6.07, 6.45) is -1.39. The first-order chi connectivity index (χ1) is 18.1. The fourth-order valence-electron chi connectivity index (χ4n) is 3.32. The Balaban J connectivity index is 1.41. The predicted molar refractivity (Wildman–Crippen MR) is 141 cm³/mol. The van der Waals surface area contributed by atoms with Crippen LogP contribution < -0.4 is 5.32 Å². The minimum Gasteiger partial charge on any atom is -0.454 e. The van der Waals surface area contributed by atoms with Gasteiger partial charge < -0.3 is 14.8 Å². The number of rotatable bonds is 11. The lowest BCUT2D eigenvalue weighted by molar-refractivity contribution is -0.147. The third-order valence-electron chi connectivity index (χ3n) is 5.47. The Morgan fingerprint density at radius 1 is 0.789 bits per heavy atom. The van der Waals surface area contributed by atoms with Gasteiger partial charge in [-0.15, -0.1) is 0 Å². The van der Waals surface area contributed by atoms with Gasteiger partial charge in [0.2, 0.25) is 11.7 Å². The number of ketones is 2. The van der Waals surface area contributed by atoms with Gasteiger partial charge in [0.15, 0.2) is 18.5 Å². The van der Waals surface area contributed by atoms with Crippen LogP contribution in [0.5, 0.6) is 0 Å². The van der Waals surface area contributed by atoms with E-state index in [2.05, 4.69) is 5.32 Å². The second kappa shape index (κ2) is 13.3. The number of amides is 1. The van der Waals surface area contributed by atoms with Crippen molar-refractivity contribution in [1.82, 2.24) is 0 Å². The molecule has 0 aromatic heterocycles. The molecule has 0 aliphatic heterocycles. The van der Waals surface area contributed by atoms with E-state index in [1.165, 1.54) is 31.2 Å². The number of halogens is 1. The summed E-state index contributed by atoms with van der Waals surface area (Å²) in [7, 11) is 0. The largest absolute Gasteiger partial charge is 0.454 e. The maximum Gasteiger partial charge on any atom is 0.338 e. The lowest BCUT2D eigenvalue weighted by Crippen LogP contribution is -2.25. The van der Waals surface area contributed by atoms with Crippen LogP contribution in [0.25, 0.3) is 0 Å². The van der Waals surface area contributed by atoms with E-state index in [1.807, 2.05) is 6.92 Å². The zero-order chi connectivity index (χ0) is 27.7. The minimum absolute atomic E-state index is 0.161. The van der Waals surface area contributed by atoms with Crippen molar-refractivity contribution < 1.29 is 33.4 Å². The van der Waals surface area contributed by atoms with E-state index in [0.29, 0.717) is 21.8 Å². The second-order valence-corrected chi connectivity index (χ2v) is 8.93. The molecular formula is C29H26ClNO7. The van der Waals surface area contributed by atoms with Crippen LogP contribution in [0.3, 0.4) is 0 Å². The Labute approximate surface area is 224 Å². The van der Waals surface area contributed by atoms with Crippen LogP contribution in [-0.2, 0) is 19.1 Å². The monoisotopic (exact) mass is 535 g/mol. The highest BCUT2D eigenvalue weighted by atomic mass is 35.5. The summed E-state index contributed by atoms with van der Waals surface area (Å²) < 4.78 is 10.2. The van der Waals surface area contributed by atoms with Crippen LogP contribution in [0, 0.1) is 6.92 Å². The van der Waals surface area contributed by atoms with Crippen LogP contribution in [-0.4, -0.2) is 42.1 Å². The molecular weight excluding hydrogens is 510 g/mol. The fourth-order valence-corrected chi connectivity index (χ4v) is 3.45. The quantitative estimate of drug-likeness (QED) is 0.264. The molecule has 0 heterocycles. The fraction of sp³-hybridized carbons (Fsp3) is 0.207. The van der Waals surface area contributed by atoms with Crippen molar-refractivity contribution in [3.05, 3.63) is 100 Å². The van der Waals surface area contributed by atoms with Crippen LogP contribution in [0.4, 0.5) is 5.69 Å². The van der Waals surface area contributed by atoms with Crippen LogP contribution in [0.1, 0.15) is 56.4 Å². The number of aryl methyl sites for hydroxylation is 1. The molecule has 9 heteroatoms. The molecule has 3 aromatic rings. The van der Waals surface area contributed by atoms with E-state index in [-0.39, 0.29) is 36.6 Å². The number of carbonyl (C=O) groups excluding carboxylic acids is 5. The molecule has 196 valence electrons. The highest BCUT2D eigenvalue weighted by Crippen LogP contribution is 2.14. The summed E-state index contributed by atoms with van der Waals surface area (Å²) in [6.45, 7) is 2.98. The van der Waals surface area contributed by atoms with Gasteiger partial charge >= 0.3 is 11.9 Å². The zero-order valence-electron chi connectivity index (χ0n) is 20.9. The standard InChI is InChI=1S/C29H26ClNO7/c1-18-3-5-20(6-4-18)25(32)17-37-29(36)22-9-13-24(14-10-22)31-26(33)15-16-27(34)38-19(2)28(35)21-7-11-23(30)12-8-21/h3-14,19H,15-17H2,1-2H3,(H,31,33). The topological polar surface area (TPSA) is 116 Å². The van der Waals surface area contributed by atoms with Gasteiger partial charge in [0.25, 0.3) is 0 Å². The SMILES string of the molecule is Cc1ccc(C(=O)COC(=O)c2ccc(NC(=O)CCC(=O)OC(C)C(=O)c3ccc(Cl)cc3)cc2)cc1. The van der Waals surface area contributed by atoms with Gasteiger partial charge in [0, 0.05) is 28.3 Å². The molecule has 0 saturated carbocycles. The van der Waals surface area contributed by atoms with Gasteiger partial charge in [-0.25, -0.2) is 4.79 Å². The van der Waals surface area contributed by atoms with Crippen molar-refractivity contribution in [2.45, 2.75) is 32.8 Å². The molecule has 0 bridgehead atoms. The van der Waals surface area contributed by atoms with Gasteiger partial charge in [-0.1, -0.05) is 41.4 Å². The number of benzene rings is 3. The summed E-state index contributed by atoms with van der Waals surface area (Å²) in [4.78, 5) is 61.1. The van der Waals surface area contributed by atoms with E-state index in [9.17, 15) is 24.0 Å². The number of carbonyl (C=O) groups is 5. The first-order valence-corrected chi connectivity index (χ1v) is 12.2. The lowest BCUT2D eigenvalue weighted by atomic mass is 10.1. The number of ether oxygens (including phenoxy) is 2.